The molecular formula is C13H14ClN5O2S. The molecular weight excluding hydrogens is 326 g/mol. The van der Waals surface area contributed by atoms with Crippen LogP contribution in [0.1, 0.15) is 5.56 Å². The van der Waals surface area contributed by atoms with E-state index in [9.17, 15) is 8.42 Å². The fourth-order valence-corrected chi connectivity index (χ4v) is 3.06. The Balaban J connectivity index is 0.00000176. The number of hydrogen-bond acceptors (Lipinski definition) is 6. The van der Waals surface area contributed by atoms with Crippen molar-refractivity contribution in [3.63, 3.8) is 0 Å². The van der Waals surface area contributed by atoms with Gasteiger partial charge in [0.05, 0.1) is 23.9 Å². The quantitative estimate of drug-likeness (QED) is 0.854. The van der Waals surface area contributed by atoms with E-state index in [1.807, 2.05) is 6.07 Å². The molecule has 0 radical (unpaired) electrons. The minimum Gasteiger partial charge on any atom is -0.354 e. The lowest BCUT2D eigenvalue weighted by atomic mass is 10.2. The summed E-state index contributed by atoms with van der Waals surface area (Å²) >= 11 is 0. The second-order valence-corrected chi connectivity index (χ2v) is 6.59. The highest BCUT2D eigenvalue weighted by atomic mass is 35.5. The van der Waals surface area contributed by atoms with Crippen LogP contribution < -0.4 is 10.6 Å². The van der Waals surface area contributed by atoms with Gasteiger partial charge in [-0.15, -0.1) is 12.4 Å². The summed E-state index contributed by atoms with van der Waals surface area (Å²) in [5, 5.41) is 15.9. The molecule has 0 fully saturated rings. The lowest BCUT2D eigenvalue weighted by Gasteiger charge is -2.08. The molecule has 1 aromatic carbocycles. The van der Waals surface area contributed by atoms with Crippen LogP contribution in [-0.2, 0) is 10.0 Å². The summed E-state index contributed by atoms with van der Waals surface area (Å²) < 4.78 is 24.8. The molecule has 2 heterocycles. The van der Waals surface area contributed by atoms with Crippen LogP contribution in [0.4, 0.5) is 5.69 Å². The largest absolute Gasteiger partial charge is 0.354 e. The van der Waals surface area contributed by atoms with Crippen molar-refractivity contribution in [1.82, 2.24) is 9.29 Å². The lowest BCUT2D eigenvalue weighted by molar-refractivity contribution is 0.595. The molecule has 3 rings (SSSR count). The first-order valence-corrected chi connectivity index (χ1v) is 8.15. The molecule has 1 aliphatic heterocycles. The second-order valence-electron chi connectivity index (χ2n) is 4.73. The normalized spacial score (nSPS) is 13.9. The van der Waals surface area contributed by atoms with Gasteiger partial charge in [-0.05, 0) is 18.2 Å². The van der Waals surface area contributed by atoms with Crippen LogP contribution in [0, 0.1) is 11.3 Å². The highest BCUT2D eigenvalue weighted by molar-refractivity contribution is 7.89. The van der Waals surface area contributed by atoms with E-state index in [1.54, 1.807) is 18.2 Å². The smallest absolute Gasteiger partial charge is 0.236 e. The topological polar surface area (TPSA) is 99.3 Å². The third-order valence-corrected chi connectivity index (χ3v) is 4.20. The average Bonchev–Trinajstić information content (AvgIpc) is 3.04. The van der Waals surface area contributed by atoms with E-state index in [4.69, 9.17) is 5.26 Å². The molecule has 9 heteroatoms. The Morgan fingerprint density at radius 1 is 1.45 bits per heavy atom. The number of rotatable bonds is 2. The first-order valence-electron chi connectivity index (χ1n) is 6.30. The number of aromatic nitrogens is 1. The first kappa shape index (κ1) is 16.1. The Hall–Kier alpha value is -2.24. The van der Waals surface area contributed by atoms with Gasteiger partial charge >= 0.3 is 0 Å². The molecule has 0 bridgehead atoms. The Labute approximate surface area is 134 Å². The zero-order valence-electron chi connectivity index (χ0n) is 11.7. The van der Waals surface area contributed by atoms with E-state index in [0.29, 0.717) is 34.7 Å². The Kier molecular flexibility index (Phi) is 4.30. The molecule has 7 nitrogen and oxygen atoms in total. The number of nitrogens with one attached hydrogen (secondary N) is 2. The van der Waals surface area contributed by atoms with Gasteiger partial charge in [-0.25, -0.2) is 12.4 Å². The van der Waals surface area contributed by atoms with Gasteiger partial charge in [0.2, 0.25) is 10.0 Å². The molecule has 0 unspecified atom stereocenters. The van der Waals surface area contributed by atoms with Crippen LogP contribution in [0.15, 0.2) is 29.4 Å². The highest BCUT2D eigenvalue weighted by Gasteiger charge is 2.15. The predicted molar refractivity (Wildman–Crippen MR) is 88.1 cm³/mol. The fourth-order valence-electron chi connectivity index (χ4n) is 2.26. The maximum absolute atomic E-state index is 11.8. The van der Waals surface area contributed by atoms with Crippen molar-refractivity contribution in [2.75, 3.05) is 24.7 Å². The van der Waals surface area contributed by atoms with Crippen LogP contribution in [0.25, 0.3) is 10.9 Å². The van der Waals surface area contributed by atoms with E-state index in [2.05, 4.69) is 15.6 Å². The van der Waals surface area contributed by atoms with E-state index in [-0.39, 0.29) is 12.4 Å². The van der Waals surface area contributed by atoms with Crippen LogP contribution >= 0.6 is 12.4 Å². The van der Waals surface area contributed by atoms with Crippen molar-refractivity contribution in [3.05, 3.63) is 30.0 Å². The van der Waals surface area contributed by atoms with E-state index in [1.165, 1.54) is 6.20 Å². The van der Waals surface area contributed by atoms with Crippen LogP contribution in [0.5, 0.6) is 0 Å². The maximum atomic E-state index is 11.8. The Morgan fingerprint density at radius 2 is 2.23 bits per heavy atom. The van der Waals surface area contributed by atoms with Gasteiger partial charge in [-0.3, -0.25) is 4.99 Å². The maximum Gasteiger partial charge on any atom is 0.236 e. The number of benzene rings is 1. The van der Waals surface area contributed by atoms with Gasteiger partial charge in [0.1, 0.15) is 6.07 Å². The molecule has 0 saturated carbocycles. The number of nitrogens with zero attached hydrogens (tertiary/aromatic N) is 3. The summed E-state index contributed by atoms with van der Waals surface area (Å²) in [6.45, 7) is 1.49. The number of nitriles is 1. The Bertz CT molecular complexity index is 895. The third kappa shape index (κ3) is 2.86. The van der Waals surface area contributed by atoms with Crippen LogP contribution in [0.2, 0.25) is 0 Å². The number of anilines is 1. The van der Waals surface area contributed by atoms with Gasteiger partial charge in [0, 0.05) is 23.8 Å². The molecule has 0 aliphatic carbocycles. The van der Waals surface area contributed by atoms with Gasteiger partial charge in [0.15, 0.2) is 5.96 Å². The van der Waals surface area contributed by atoms with Crippen molar-refractivity contribution in [1.29, 1.82) is 5.26 Å². The summed E-state index contributed by atoms with van der Waals surface area (Å²) in [5.74, 6) is 0.660. The van der Waals surface area contributed by atoms with Gasteiger partial charge in [0.25, 0.3) is 0 Å². The monoisotopic (exact) mass is 339 g/mol. The van der Waals surface area contributed by atoms with Crippen molar-refractivity contribution in [3.8, 4) is 6.07 Å². The third-order valence-electron chi connectivity index (χ3n) is 3.19. The van der Waals surface area contributed by atoms with Crippen molar-refractivity contribution >= 4 is 45.0 Å². The SMILES string of the molecule is CS(=O)(=O)n1cc(C#N)c2ccc(NC3=NCCN3)cc21.Cl. The van der Waals surface area contributed by atoms with Crippen molar-refractivity contribution in [2.45, 2.75) is 0 Å². The summed E-state index contributed by atoms with van der Waals surface area (Å²) in [4.78, 5) is 4.22. The van der Waals surface area contributed by atoms with Crippen molar-refractivity contribution in [2.24, 2.45) is 4.99 Å². The highest BCUT2D eigenvalue weighted by Crippen LogP contribution is 2.25. The van der Waals surface area contributed by atoms with Gasteiger partial charge in [-0.1, -0.05) is 0 Å². The molecule has 1 aromatic heterocycles. The van der Waals surface area contributed by atoms with Crippen LogP contribution in [0.3, 0.4) is 0 Å². The minimum atomic E-state index is -3.47. The van der Waals surface area contributed by atoms with Gasteiger partial charge < -0.3 is 10.6 Å². The number of fused-ring (bicyclic) bond motifs is 1. The molecule has 0 saturated heterocycles. The number of guanidine groups is 1. The standard InChI is InChI=1S/C13H13N5O2S.ClH/c1-21(19,20)18-8-9(7-14)11-3-2-10(6-12(11)18)17-13-15-4-5-16-13;/h2-3,6,8H,4-5H2,1H3,(H2,15,16,17);1H. The zero-order valence-corrected chi connectivity index (χ0v) is 13.3. The molecule has 116 valence electrons. The molecule has 1 aliphatic rings. The van der Waals surface area contributed by atoms with E-state index < -0.39 is 10.0 Å². The molecule has 22 heavy (non-hydrogen) atoms. The number of halogens is 1. The fraction of sp³-hybridized carbons (Fsp3) is 0.231. The molecule has 0 spiro atoms. The number of hydrogen-bond donors (Lipinski definition) is 2. The van der Waals surface area contributed by atoms with E-state index >= 15 is 0 Å². The lowest BCUT2D eigenvalue weighted by Crippen LogP contribution is -2.26. The number of aliphatic imine (C=N–C) groups is 1. The summed E-state index contributed by atoms with van der Waals surface area (Å²) in [6.07, 6.45) is 2.45. The molecule has 0 amide bonds. The van der Waals surface area contributed by atoms with Crippen LogP contribution in [-0.4, -0.2) is 37.7 Å². The van der Waals surface area contributed by atoms with E-state index in [0.717, 1.165) is 16.8 Å². The summed E-state index contributed by atoms with van der Waals surface area (Å²) in [7, 11) is -3.47. The summed E-state index contributed by atoms with van der Waals surface area (Å²) in [6, 6.07) is 7.23. The Morgan fingerprint density at radius 3 is 2.82 bits per heavy atom. The summed E-state index contributed by atoms with van der Waals surface area (Å²) in [5.41, 5.74) is 1.51. The average molecular weight is 340 g/mol. The minimum absolute atomic E-state index is 0. The molecule has 2 N–H and O–H groups in total. The predicted octanol–water partition coefficient (Wildman–Crippen LogP) is 1.11. The van der Waals surface area contributed by atoms with Crippen molar-refractivity contribution < 1.29 is 8.42 Å². The molecule has 2 aromatic rings. The van der Waals surface area contributed by atoms with Gasteiger partial charge in [-0.2, -0.15) is 5.26 Å². The second kappa shape index (κ2) is 5.87. The molecule has 0 atom stereocenters. The zero-order chi connectivity index (χ0) is 15.0. The first-order chi connectivity index (χ1) is 9.99.